The Hall–Kier alpha value is -2.31. The largest absolute Gasteiger partial charge is 0.497 e. The highest BCUT2D eigenvalue weighted by atomic mass is 32.1. The minimum absolute atomic E-state index is 0.755. The van der Waals surface area contributed by atoms with Gasteiger partial charge in [-0.25, -0.2) is 0 Å². The van der Waals surface area contributed by atoms with E-state index in [1.54, 1.807) is 36.8 Å². The molecule has 2 aromatic heterocycles. The summed E-state index contributed by atoms with van der Waals surface area (Å²) in [5.74, 6) is 1.69. The zero-order valence-corrected chi connectivity index (χ0v) is 15.9. The Kier molecular flexibility index (Phi) is 6.09. The molecule has 0 aliphatic rings. The Bertz CT molecular complexity index is 808. The molecule has 0 radical (unpaired) electrons. The van der Waals surface area contributed by atoms with Gasteiger partial charge in [0.2, 0.25) is 0 Å². The number of nitrogens with one attached hydrogen (secondary N) is 2. The molecule has 0 bridgehead atoms. The zero-order valence-electron chi connectivity index (χ0n) is 14.3. The van der Waals surface area contributed by atoms with Crippen LogP contribution in [0.3, 0.4) is 0 Å². The van der Waals surface area contributed by atoms with E-state index >= 15 is 0 Å². The van der Waals surface area contributed by atoms with Gasteiger partial charge in [0.15, 0.2) is 5.96 Å². The fraction of sp³-hybridized carbons (Fsp3) is 0.211. The summed E-state index contributed by atoms with van der Waals surface area (Å²) in [4.78, 5) is 6.84. The lowest BCUT2D eigenvalue weighted by atomic mass is 10.1. The van der Waals surface area contributed by atoms with E-state index in [-0.39, 0.29) is 0 Å². The summed E-state index contributed by atoms with van der Waals surface area (Å²) in [5.41, 5.74) is 2.43. The molecule has 0 spiro atoms. The highest BCUT2D eigenvalue weighted by molar-refractivity contribution is 7.10. The third-order valence-corrected chi connectivity index (χ3v) is 5.55. The fourth-order valence-corrected chi connectivity index (χ4v) is 3.86. The maximum atomic E-state index is 5.21. The minimum atomic E-state index is 0.755. The number of hydrogen-bond acceptors (Lipinski definition) is 4. The lowest BCUT2D eigenvalue weighted by Crippen LogP contribution is -2.35. The molecule has 25 heavy (non-hydrogen) atoms. The van der Waals surface area contributed by atoms with Gasteiger partial charge in [-0.2, -0.15) is 0 Å². The first-order valence-corrected chi connectivity index (χ1v) is 9.73. The molecule has 2 heterocycles. The minimum Gasteiger partial charge on any atom is -0.497 e. The quantitative estimate of drug-likeness (QED) is 0.500. The topological polar surface area (TPSA) is 45.7 Å². The van der Waals surface area contributed by atoms with Crippen LogP contribution in [0.25, 0.3) is 11.1 Å². The van der Waals surface area contributed by atoms with E-state index in [1.807, 2.05) is 12.1 Å². The van der Waals surface area contributed by atoms with Crippen molar-refractivity contribution >= 4 is 28.6 Å². The van der Waals surface area contributed by atoms with Gasteiger partial charge in [-0.3, -0.25) is 4.99 Å². The predicted molar refractivity (Wildman–Crippen MR) is 108 cm³/mol. The van der Waals surface area contributed by atoms with Crippen LogP contribution in [0.4, 0.5) is 0 Å². The van der Waals surface area contributed by atoms with E-state index in [2.05, 4.69) is 56.7 Å². The molecule has 3 aromatic rings. The van der Waals surface area contributed by atoms with Crippen LogP contribution in [-0.4, -0.2) is 20.1 Å². The molecule has 0 saturated heterocycles. The third kappa shape index (κ3) is 4.84. The van der Waals surface area contributed by atoms with Crippen molar-refractivity contribution in [1.29, 1.82) is 0 Å². The van der Waals surface area contributed by atoms with Crippen LogP contribution in [0.5, 0.6) is 5.75 Å². The maximum Gasteiger partial charge on any atom is 0.191 e. The van der Waals surface area contributed by atoms with Gasteiger partial charge in [0, 0.05) is 16.8 Å². The van der Waals surface area contributed by atoms with Gasteiger partial charge < -0.3 is 15.4 Å². The van der Waals surface area contributed by atoms with E-state index < -0.39 is 0 Å². The first kappa shape index (κ1) is 17.5. The number of methoxy groups -OCH3 is 1. The van der Waals surface area contributed by atoms with Crippen molar-refractivity contribution in [2.75, 3.05) is 14.2 Å². The highest BCUT2D eigenvalue weighted by Crippen LogP contribution is 2.27. The Balaban J connectivity index is 1.55. The fourth-order valence-electron chi connectivity index (χ4n) is 2.38. The highest BCUT2D eigenvalue weighted by Gasteiger charge is 2.05. The van der Waals surface area contributed by atoms with Crippen molar-refractivity contribution in [3.05, 3.63) is 63.0 Å². The Morgan fingerprint density at radius 1 is 1.00 bits per heavy atom. The Morgan fingerprint density at radius 3 is 2.40 bits per heavy atom. The first-order chi connectivity index (χ1) is 12.3. The van der Waals surface area contributed by atoms with Crippen LogP contribution >= 0.6 is 22.7 Å². The lowest BCUT2D eigenvalue weighted by molar-refractivity contribution is 0.415. The van der Waals surface area contributed by atoms with Gasteiger partial charge in [0.05, 0.1) is 20.2 Å². The number of hydrogen-bond donors (Lipinski definition) is 2. The number of ether oxygens (including phenoxy) is 1. The van der Waals surface area contributed by atoms with E-state index in [1.165, 1.54) is 20.9 Å². The summed E-state index contributed by atoms with van der Waals surface area (Å²) in [6.45, 7) is 1.55. The summed E-state index contributed by atoms with van der Waals surface area (Å²) in [7, 11) is 3.48. The molecule has 6 heteroatoms. The molecule has 0 fully saturated rings. The van der Waals surface area contributed by atoms with Crippen LogP contribution in [0.2, 0.25) is 0 Å². The summed E-state index contributed by atoms with van der Waals surface area (Å²) in [5, 5.41) is 11.0. The normalized spacial score (nSPS) is 11.4. The summed E-state index contributed by atoms with van der Waals surface area (Å²) in [6, 6.07) is 14.5. The first-order valence-electron chi connectivity index (χ1n) is 7.97. The second-order valence-corrected chi connectivity index (χ2v) is 7.42. The molecular weight excluding hydrogens is 350 g/mol. The van der Waals surface area contributed by atoms with Gasteiger partial charge in [0.1, 0.15) is 5.75 Å². The van der Waals surface area contributed by atoms with E-state index in [0.29, 0.717) is 0 Å². The van der Waals surface area contributed by atoms with Crippen LogP contribution in [-0.2, 0) is 13.1 Å². The van der Waals surface area contributed by atoms with E-state index in [0.717, 1.165) is 24.8 Å². The SMILES string of the molecule is CN=C(NCc1cccs1)NCc1cc(-c2ccc(OC)cc2)cs1. The number of benzene rings is 1. The molecule has 0 unspecified atom stereocenters. The number of guanidine groups is 1. The second-order valence-electron chi connectivity index (χ2n) is 5.39. The molecular formula is C19H21N3OS2. The third-order valence-electron chi connectivity index (χ3n) is 3.74. The summed E-state index contributed by atoms with van der Waals surface area (Å²) >= 11 is 3.49. The maximum absolute atomic E-state index is 5.21. The van der Waals surface area contributed by atoms with Crippen molar-refractivity contribution in [3.63, 3.8) is 0 Å². The van der Waals surface area contributed by atoms with Gasteiger partial charge in [0.25, 0.3) is 0 Å². The number of thiophene rings is 2. The average Bonchev–Trinajstić information content (AvgIpc) is 3.34. The standard InChI is InChI=1S/C19H21N3OS2/c1-20-19(21-11-17-4-3-9-24-17)22-12-18-10-15(13-25-18)14-5-7-16(23-2)8-6-14/h3-10,13H,11-12H2,1-2H3,(H2,20,21,22). The molecule has 1 aromatic carbocycles. The van der Waals surface area contributed by atoms with Crippen LogP contribution in [0, 0.1) is 0 Å². The van der Waals surface area contributed by atoms with Crippen molar-refractivity contribution in [2.45, 2.75) is 13.1 Å². The van der Waals surface area contributed by atoms with Gasteiger partial charge in [-0.15, -0.1) is 22.7 Å². The molecule has 3 rings (SSSR count). The molecule has 2 N–H and O–H groups in total. The van der Waals surface area contributed by atoms with Gasteiger partial charge in [-0.05, 0) is 46.2 Å². The van der Waals surface area contributed by atoms with Crippen molar-refractivity contribution in [3.8, 4) is 16.9 Å². The van der Waals surface area contributed by atoms with Crippen molar-refractivity contribution in [1.82, 2.24) is 10.6 Å². The number of rotatable bonds is 6. The molecule has 0 aliphatic heterocycles. The number of nitrogens with zero attached hydrogens (tertiary/aromatic N) is 1. The van der Waals surface area contributed by atoms with Crippen molar-refractivity contribution in [2.24, 2.45) is 4.99 Å². The van der Waals surface area contributed by atoms with Crippen LogP contribution < -0.4 is 15.4 Å². The monoisotopic (exact) mass is 371 g/mol. The molecule has 4 nitrogen and oxygen atoms in total. The van der Waals surface area contributed by atoms with Crippen molar-refractivity contribution < 1.29 is 4.74 Å². The van der Waals surface area contributed by atoms with Gasteiger partial charge >= 0.3 is 0 Å². The zero-order chi connectivity index (χ0) is 17.5. The second kappa shape index (κ2) is 8.69. The van der Waals surface area contributed by atoms with Gasteiger partial charge in [-0.1, -0.05) is 18.2 Å². The average molecular weight is 372 g/mol. The molecule has 0 atom stereocenters. The smallest absolute Gasteiger partial charge is 0.191 e. The lowest BCUT2D eigenvalue weighted by Gasteiger charge is -2.10. The Morgan fingerprint density at radius 2 is 1.76 bits per heavy atom. The molecule has 0 amide bonds. The number of aliphatic imine (C=N–C) groups is 1. The predicted octanol–water partition coefficient (Wildman–Crippen LogP) is 4.35. The van der Waals surface area contributed by atoms with Crippen LogP contribution in [0.1, 0.15) is 9.75 Å². The molecule has 0 aliphatic carbocycles. The molecule has 130 valence electrons. The summed E-state index contributed by atoms with van der Waals surface area (Å²) in [6.07, 6.45) is 0. The Labute approximate surface area is 156 Å². The van der Waals surface area contributed by atoms with Crippen LogP contribution in [0.15, 0.2) is 58.2 Å². The van der Waals surface area contributed by atoms with E-state index in [4.69, 9.17) is 4.74 Å². The molecule has 0 saturated carbocycles. The summed E-state index contributed by atoms with van der Waals surface area (Å²) < 4.78 is 5.21. The van der Waals surface area contributed by atoms with E-state index in [9.17, 15) is 0 Å².